The highest BCUT2D eigenvalue weighted by Crippen LogP contribution is 2.28. The molecule has 0 fully saturated rings. The van der Waals surface area contributed by atoms with Gasteiger partial charge in [0.15, 0.2) is 0 Å². The first-order valence-corrected chi connectivity index (χ1v) is 17.5. The van der Waals surface area contributed by atoms with Gasteiger partial charge >= 0.3 is 0 Å². The molecule has 0 aliphatic heterocycles. The van der Waals surface area contributed by atoms with Crippen LogP contribution in [0.4, 0.5) is 5.69 Å². The Bertz CT molecular complexity index is 1720. The first-order valence-electron chi connectivity index (χ1n) is 14.9. The Morgan fingerprint density at radius 2 is 1.61 bits per heavy atom. The lowest BCUT2D eigenvalue weighted by Crippen LogP contribution is -2.53. The lowest BCUT2D eigenvalue weighted by molar-refractivity contribution is -0.140. The second-order valence-electron chi connectivity index (χ2n) is 10.7. The molecule has 242 valence electrons. The van der Waals surface area contributed by atoms with Gasteiger partial charge in [0.2, 0.25) is 11.8 Å². The lowest BCUT2D eigenvalue weighted by atomic mass is 10.0. The van der Waals surface area contributed by atoms with Gasteiger partial charge in [-0.3, -0.25) is 13.9 Å². The number of sulfonamides is 1. The summed E-state index contributed by atoms with van der Waals surface area (Å²) in [6, 6.07) is 28.2. The van der Waals surface area contributed by atoms with Gasteiger partial charge in [0.1, 0.15) is 18.3 Å². The molecule has 1 N–H and O–H groups in total. The molecule has 4 aromatic carbocycles. The summed E-state index contributed by atoms with van der Waals surface area (Å²) >= 11 is 9.80. The number of carbonyl (C=O) groups is 2. The summed E-state index contributed by atoms with van der Waals surface area (Å²) in [4.78, 5) is 29.8. The van der Waals surface area contributed by atoms with Crippen LogP contribution in [0.5, 0.6) is 5.75 Å². The Hall–Kier alpha value is -3.86. The van der Waals surface area contributed by atoms with Gasteiger partial charge in [-0.2, -0.15) is 0 Å². The first kappa shape index (κ1) is 35.0. The number of nitrogens with zero attached hydrogens (tertiary/aromatic N) is 2. The molecule has 0 aliphatic carbocycles. The van der Waals surface area contributed by atoms with E-state index in [-0.39, 0.29) is 29.5 Å². The van der Waals surface area contributed by atoms with Crippen LogP contribution in [0, 0.1) is 0 Å². The Labute approximate surface area is 284 Å². The molecule has 1 atom stereocenters. The fourth-order valence-electron chi connectivity index (χ4n) is 4.93. The standard InChI is InChI=1S/C35H37BrClN3O5S/c1-3-4-20-38-35(42)33(22-26-10-6-5-7-11-26)39(24-27-12-8-13-28(36)21-27)34(41)25-40(30-15-9-14-29(37)23-30)46(43,44)32-18-16-31(45-2)17-19-32/h5-19,21,23,33H,3-4,20,22,24-25H2,1-2H3,(H,38,42). The van der Waals surface area contributed by atoms with Crippen molar-refractivity contribution in [2.45, 2.75) is 43.7 Å². The fourth-order valence-corrected chi connectivity index (χ4v) is 6.96. The van der Waals surface area contributed by atoms with Crippen LogP contribution in [-0.4, -0.2) is 51.4 Å². The molecule has 0 bridgehead atoms. The number of benzene rings is 4. The molecule has 8 nitrogen and oxygen atoms in total. The van der Waals surface area contributed by atoms with E-state index in [0.29, 0.717) is 17.3 Å². The molecular weight excluding hydrogens is 690 g/mol. The average Bonchev–Trinajstić information content (AvgIpc) is 3.05. The van der Waals surface area contributed by atoms with Gasteiger partial charge in [-0.05, 0) is 72.1 Å². The summed E-state index contributed by atoms with van der Waals surface area (Å²) in [7, 11) is -2.77. The molecule has 0 radical (unpaired) electrons. The molecule has 0 spiro atoms. The number of hydrogen-bond donors (Lipinski definition) is 1. The third-order valence-corrected chi connectivity index (χ3v) is 9.88. The molecule has 0 aromatic heterocycles. The number of halogens is 2. The van der Waals surface area contributed by atoms with E-state index in [1.807, 2.05) is 61.5 Å². The molecule has 0 heterocycles. The quantitative estimate of drug-likeness (QED) is 0.135. The number of rotatable bonds is 15. The van der Waals surface area contributed by atoms with E-state index in [9.17, 15) is 18.0 Å². The summed E-state index contributed by atoms with van der Waals surface area (Å²) in [5, 5.41) is 3.30. The van der Waals surface area contributed by atoms with Crippen LogP contribution in [0.3, 0.4) is 0 Å². The number of carbonyl (C=O) groups excluding carboxylic acids is 2. The first-order chi connectivity index (χ1) is 22.1. The van der Waals surface area contributed by atoms with E-state index in [1.165, 1.54) is 30.2 Å². The number of unbranched alkanes of at least 4 members (excludes halogenated alkanes) is 1. The second kappa shape index (κ2) is 16.6. The van der Waals surface area contributed by atoms with Gasteiger partial charge in [0.25, 0.3) is 10.0 Å². The Kier molecular flexibility index (Phi) is 12.7. The molecule has 1 unspecified atom stereocenters. The van der Waals surface area contributed by atoms with Crippen molar-refractivity contribution >= 4 is 55.1 Å². The van der Waals surface area contributed by atoms with Gasteiger partial charge < -0.3 is 15.0 Å². The third-order valence-electron chi connectivity index (χ3n) is 7.37. The van der Waals surface area contributed by atoms with E-state index in [2.05, 4.69) is 21.2 Å². The predicted octanol–water partition coefficient (Wildman–Crippen LogP) is 6.86. The average molecular weight is 727 g/mol. The largest absolute Gasteiger partial charge is 0.497 e. The van der Waals surface area contributed by atoms with Gasteiger partial charge in [-0.25, -0.2) is 8.42 Å². The maximum Gasteiger partial charge on any atom is 0.264 e. The van der Waals surface area contributed by atoms with Crippen LogP contribution < -0.4 is 14.4 Å². The minimum absolute atomic E-state index is 0.0299. The molecule has 11 heteroatoms. The van der Waals surface area contributed by atoms with Gasteiger partial charge in [-0.1, -0.05) is 89.4 Å². The van der Waals surface area contributed by atoms with Crippen LogP contribution in [0.2, 0.25) is 5.02 Å². The minimum atomic E-state index is -4.26. The van der Waals surface area contributed by atoms with Gasteiger partial charge in [0.05, 0.1) is 17.7 Å². The summed E-state index contributed by atoms with van der Waals surface area (Å²) in [5.41, 5.74) is 1.85. The molecule has 0 aliphatic rings. The monoisotopic (exact) mass is 725 g/mol. The van der Waals surface area contributed by atoms with Crippen molar-refractivity contribution in [2.24, 2.45) is 0 Å². The zero-order chi connectivity index (χ0) is 33.1. The van der Waals surface area contributed by atoms with Crippen molar-refractivity contribution in [3.63, 3.8) is 0 Å². The molecular formula is C35H37BrClN3O5S. The normalized spacial score (nSPS) is 11.8. The lowest BCUT2D eigenvalue weighted by Gasteiger charge is -2.34. The molecule has 4 aromatic rings. The third kappa shape index (κ3) is 9.34. The topological polar surface area (TPSA) is 96.0 Å². The summed E-state index contributed by atoms with van der Waals surface area (Å²) in [6.07, 6.45) is 1.91. The van der Waals surface area contributed by atoms with Crippen molar-refractivity contribution in [3.05, 3.63) is 124 Å². The Morgan fingerprint density at radius 3 is 2.26 bits per heavy atom. The van der Waals surface area contributed by atoms with Crippen molar-refractivity contribution in [1.82, 2.24) is 10.2 Å². The molecule has 4 rings (SSSR count). The summed E-state index contributed by atoms with van der Waals surface area (Å²) in [5.74, 6) is -0.376. The van der Waals surface area contributed by atoms with Crippen LogP contribution in [0.15, 0.2) is 112 Å². The molecule has 0 saturated carbocycles. The van der Waals surface area contributed by atoms with E-state index in [1.54, 1.807) is 30.3 Å². The number of hydrogen-bond acceptors (Lipinski definition) is 5. The Morgan fingerprint density at radius 1 is 0.913 bits per heavy atom. The van der Waals surface area contributed by atoms with Crippen molar-refractivity contribution < 1.29 is 22.7 Å². The fraction of sp³-hybridized carbons (Fsp3) is 0.257. The van der Waals surface area contributed by atoms with E-state index < -0.39 is 28.5 Å². The van der Waals surface area contributed by atoms with Crippen molar-refractivity contribution in [1.29, 1.82) is 0 Å². The molecule has 0 saturated heterocycles. The highest BCUT2D eigenvalue weighted by atomic mass is 79.9. The highest BCUT2D eigenvalue weighted by molar-refractivity contribution is 9.10. The molecule has 46 heavy (non-hydrogen) atoms. The maximum atomic E-state index is 14.5. The number of amides is 2. The van der Waals surface area contributed by atoms with Crippen molar-refractivity contribution in [3.8, 4) is 5.75 Å². The van der Waals surface area contributed by atoms with E-state index in [4.69, 9.17) is 16.3 Å². The van der Waals surface area contributed by atoms with Gasteiger partial charge in [-0.15, -0.1) is 0 Å². The number of nitrogens with one attached hydrogen (secondary N) is 1. The SMILES string of the molecule is CCCCNC(=O)C(Cc1ccccc1)N(Cc1cccc(Br)c1)C(=O)CN(c1cccc(Cl)c1)S(=O)(=O)c1ccc(OC)cc1. The summed E-state index contributed by atoms with van der Waals surface area (Å²) in [6.45, 7) is 1.99. The smallest absolute Gasteiger partial charge is 0.264 e. The predicted molar refractivity (Wildman–Crippen MR) is 186 cm³/mol. The van der Waals surface area contributed by atoms with Crippen LogP contribution in [-0.2, 0) is 32.6 Å². The molecule has 2 amide bonds. The van der Waals surface area contributed by atoms with Crippen LogP contribution in [0.25, 0.3) is 0 Å². The zero-order valence-corrected chi connectivity index (χ0v) is 28.9. The van der Waals surface area contributed by atoms with E-state index >= 15 is 0 Å². The Balaban J connectivity index is 1.79. The number of anilines is 1. The number of methoxy groups -OCH3 is 1. The maximum absolute atomic E-state index is 14.5. The second-order valence-corrected chi connectivity index (χ2v) is 13.9. The summed E-state index contributed by atoms with van der Waals surface area (Å²) < 4.78 is 35.4. The van der Waals surface area contributed by atoms with E-state index in [0.717, 1.165) is 32.7 Å². The van der Waals surface area contributed by atoms with Crippen LogP contribution >= 0.6 is 27.5 Å². The number of ether oxygens (including phenoxy) is 1. The van der Waals surface area contributed by atoms with Gasteiger partial charge in [0, 0.05) is 29.0 Å². The van der Waals surface area contributed by atoms with Crippen LogP contribution in [0.1, 0.15) is 30.9 Å². The van der Waals surface area contributed by atoms with Crippen molar-refractivity contribution in [2.75, 3.05) is 24.5 Å². The zero-order valence-electron chi connectivity index (χ0n) is 25.7. The highest BCUT2D eigenvalue weighted by Gasteiger charge is 2.34. The minimum Gasteiger partial charge on any atom is -0.497 e.